The zero-order valence-electron chi connectivity index (χ0n) is 17.5. The minimum absolute atomic E-state index is 0.119. The van der Waals surface area contributed by atoms with Crippen molar-refractivity contribution in [3.05, 3.63) is 22.7 Å². The molecule has 8 nitrogen and oxygen atoms in total. The van der Waals surface area contributed by atoms with E-state index in [4.69, 9.17) is 35.3 Å². The highest BCUT2D eigenvalue weighted by atomic mass is 35.5. The highest BCUT2D eigenvalue weighted by Gasteiger charge is 2.28. The Labute approximate surface area is 175 Å². The molecule has 0 N–H and O–H groups in total. The lowest BCUT2D eigenvalue weighted by Crippen LogP contribution is -2.42. The van der Waals surface area contributed by atoms with E-state index >= 15 is 0 Å². The molecule has 1 aromatic carbocycles. The van der Waals surface area contributed by atoms with Crippen LogP contribution >= 0.6 is 11.6 Å². The second-order valence-electron chi connectivity index (χ2n) is 7.56. The molecule has 1 aliphatic rings. The summed E-state index contributed by atoms with van der Waals surface area (Å²) in [5, 5.41) is 0.266. The minimum Gasteiger partial charge on any atom is -0.495 e. The van der Waals surface area contributed by atoms with Gasteiger partial charge in [-0.25, -0.2) is 9.59 Å². The van der Waals surface area contributed by atoms with E-state index in [0.717, 1.165) is 0 Å². The third-order valence-corrected chi connectivity index (χ3v) is 4.38. The van der Waals surface area contributed by atoms with Gasteiger partial charge in [0.25, 0.3) is 0 Å². The van der Waals surface area contributed by atoms with Crippen molar-refractivity contribution in [2.24, 2.45) is 0 Å². The molecule has 1 amide bonds. The first-order chi connectivity index (χ1) is 13.6. The number of esters is 1. The van der Waals surface area contributed by atoms with Crippen LogP contribution in [0, 0.1) is 0 Å². The largest absolute Gasteiger partial charge is 0.495 e. The molecule has 1 heterocycles. The van der Waals surface area contributed by atoms with Gasteiger partial charge in [0, 0.05) is 19.2 Å². The highest BCUT2D eigenvalue weighted by Crippen LogP contribution is 2.33. The van der Waals surface area contributed by atoms with E-state index in [2.05, 4.69) is 0 Å². The zero-order chi connectivity index (χ0) is 21.6. The van der Waals surface area contributed by atoms with E-state index in [1.165, 1.54) is 26.4 Å². The molecule has 2 rings (SSSR count). The summed E-state index contributed by atoms with van der Waals surface area (Å²) in [7, 11) is 2.74. The van der Waals surface area contributed by atoms with Crippen LogP contribution in [0.25, 0.3) is 0 Å². The molecule has 9 heteroatoms. The van der Waals surface area contributed by atoms with Gasteiger partial charge in [0.1, 0.15) is 35.4 Å². The summed E-state index contributed by atoms with van der Waals surface area (Å²) in [5.41, 5.74) is -0.401. The second-order valence-corrected chi connectivity index (χ2v) is 7.97. The molecule has 0 aliphatic carbocycles. The van der Waals surface area contributed by atoms with Crippen molar-refractivity contribution < 1.29 is 33.3 Å². The molecule has 29 heavy (non-hydrogen) atoms. The fourth-order valence-corrected chi connectivity index (χ4v) is 2.99. The van der Waals surface area contributed by atoms with E-state index in [1.807, 2.05) is 20.8 Å². The first-order valence-electron chi connectivity index (χ1n) is 9.32. The van der Waals surface area contributed by atoms with E-state index in [0.29, 0.717) is 31.9 Å². The summed E-state index contributed by atoms with van der Waals surface area (Å²) in [6.07, 6.45) is -0.0913. The van der Waals surface area contributed by atoms with Crippen molar-refractivity contribution in [1.29, 1.82) is 0 Å². The molecule has 1 atom stereocenters. The van der Waals surface area contributed by atoms with E-state index in [1.54, 1.807) is 4.90 Å². The van der Waals surface area contributed by atoms with Gasteiger partial charge < -0.3 is 28.6 Å². The van der Waals surface area contributed by atoms with Crippen molar-refractivity contribution in [2.75, 3.05) is 40.5 Å². The molecule has 1 aliphatic heterocycles. The van der Waals surface area contributed by atoms with Crippen molar-refractivity contribution in [1.82, 2.24) is 4.90 Å². The third-order valence-electron chi connectivity index (χ3n) is 4.09. The molecular weight excluding hydrogens is 402 g/mol. The van der Waals surface area contributed by atoms with Gasteiger partial charge in [0.15, 0.2) is 0 Å². The van der Waals surface area contributed by atoms with Gasteiger partial charge in [0.05, 0.1) is 25.8 Å². The summed E-state index contributed by atoms with van der Waals surface area (Å²) in [4.78, 5) is 26.1. The number of ether oxygens (including phenoxy) is 5. The number of hydrogen-bond donors (Lipinski definition) is 0. The zero-order valence-corrected chi connectivity index (χ0v) is 18.2. The summed E-state index contributed by atoms with van der Waals surface area (Å²) < 4.78 is 27.1. The van der Waals surface area contributed by atoms with Crippen LogP contribution in [-0.4, -0.2) is 69.2 Å². The number of carbonyl (C=O) groups excluding carboxylic acids is 2. The normalized spacial score (nSPS) is 17.3. The van der Waals surface area contributed by atoms with Crippen LogP contribution in [0.1, 0.15) is 37.6 Å². The van der Waals surface area contributed by atoms with Crippen LogP contribution < -0.4 is 9.47 Å². The number of halogens is 1. The van der Waals surface area contributed by atoms with E-state index in [9.17, 15) is 9.59 Å². The molecule has 1 unspecified atom stereocenters. The monoisotopic (exact) mass is 429 g/mol. The van der Waals surface area contributed by atoms with Crippen LogP contribution in [0.5, 0.6) is 11.5 Å². The molecule has 1 saturated heterocycles. The quantitative estimate of drug-likeness (QED) is 0.662. The number of nitrogens with zero attached hydrogens (tertiary/aromatic N) is 1. The van der Waals surface area contributed by atoms with E-state index in [-0.39, 0.29) is 22.9 Å². The smallest absolute Gasteiger partial charge is 0.410 e. The number of rotatable bonds is 5. The fourth-order valence-electron chi connectivity index (χ4n) is 2.75. The van der Waals surface area contributed by atoms with Crippen molar-refractivity contribution in [3.8, 4) is 11.5 Å². The minimum atomic E-state index is -0.582. The molecule has 1 aromatic rings. The summed E-state index contributed by atoms with van der Waals surface area (Å²) >= 11 is 6.11. The number of hydrogen-bond acceptors (Lipinski definition) is 7. The van der Waals surface area contributed by atoms with Gasteiger partial charge in [-0.3, -0.25) is 0 Å². The Bertz CT molecular complexity index is 732. The second kappa shape index (κ2) is 10.0. The molecular formula is C20H28ClNO7. The average molecular weight is 430 g/mol. The lowest BCUT2D eigenvalue weighted by molar-refractivity contribution is 0.00269. The Hall–Kier alpha value is -2.19. The summed E-state index contributed by atoms with van der Waals surface area (Å²) in [6.45, 7) is 6.92. The standard InChI is InChI=1S/C20H28ClNO7/c1-20(2,3)29-19(24)22-7-6-8-27-13(11-22)12-28-16-10-17(25-4)15(21)9-14(16)18(23)26-5/h9-10,13H,6-8,11-12H2,1-5H3. The van der Waals surface area contributed by atoms with Gasteiger partial charge >= 0.3 is 12.1 Å². The van der Waals surface area contributed by atoms with Gasteiger partial charge in [-0.1, -0.05) is 11.6 Å². The van der Waals surface area contributed by atoms with Crippen molar-refractivity contribution >= 4 is 23.7 Å². The third kappa shape index (κ3) is 6.68. The maximum atomic E-state index is 12.4. The number of benzene rings is 1. The molecule has 162 valence electrons. The van der Waals surface area contributed by atoms with Crippen LogP contribution in [0.15, 0.2) is 12.1 Å². The fraction of sp³-hybridized carbons (Fsp3) is 0.600. The number of carbonyl (C=O) groups is 2. The molecule has 0 bridgehead atoms. The maximum Gasteiger partial charge on any atom is 0.410 e. The van der Waals surface area contributed by atoms with Crippen molar-refractivity contribution in [3.63, 3.8) is 0 Å². The van der Waals surface area contributed by atoms with Gasteiger partial charge in [0.2, 0.25) is 0 Å². The lowest BCUT2D eigenvalue weighted by Gasteiger charge is -2.28. The predicted octanol–water partition coefficient (Wildman–Crippen LogP) is 3.54. The Kier molecular flexibility index (Phi) is 7.98. The maximum absolute atomic E-state index is 12.4. The Morgan fingerprint density at radius 1 is 1.24 bits per heavy atom. The van der Waals surface area contributed by atoms with Gasteiger partial charge in [-0.2, -0.15) is 0 Å². The Morgan fingerprint density at radius 3 is 2.59 bits per heavy atom. The van der Waals surface area contributed by atoms with Gasteiger partial charge in [-0.05, 0) is 33.3 Å². The molecule has 0 spiro atoms. The lowest BCUT2D eigenvalue weighted by atomic mass is 10.2. The first kappa shape index (κ1) is 23.1. The van der Waals surface area contributed by atoms with Crippen LogP contribution in [0.4, 0.5) is 4.79 Å². The molecule has 0 radical (unpaired) electrons. The SMILES string of the molecule is COC(=O)c1cc(Cl)c(OC)cc1OCC1CN(C(=O)OC(C)(C)C)CCCO1. The molecule has 0 saturated carbocycles. The molecule has 1 fully saturated rings. The van der Waals surface area contributed by atoms with E-state index < -0.39 is 23.8 Å². The topological polar surface area (TPSA) is 83.5 Å². The summed E-state index contributed by atoms with van der Waals surface area (Å²) in [6, 6.07) is 2.96. The van der Waals surface area contributed by atoms with Gasteiger partial charge in [-0.15, -0.1) is 0 Å². The average Bonchev–Trinajstić information content (AvgIpc) is 2.90. The predicted molar refractivity (Wildman–Crippen MR) is 107 cm³/mol. The molecule has 0 aromatic heterocycles. The Morgan fingerprint density at radius 2 is 1.97 bits per heavy atom. The van der Waals surface area contributed by atoms with Crippen LogP contribution in [0.2, 0.25) is 5.02 Å². The first-order valence-corrected chi connectivity index (χ1v) is 9.70. The van der Waals surface area contributed by atoms with Crippen LogP contribution in [0.3, 0.4) is 0 Å². The Balaban J connectivity index is 2.11. The number of methoxy groups -OCH3 is 2. The van der Waals surface area contributed by atoms with Crippen molar-refractivity contribution in [2.45, 2.75) is 38.9 Å². The van der Waals surface area contributed by atoms with Crippen LogP contribution in [-0.2, 0) is 14.2 Å². The number of amides is 1. The summed E-state index contributed by atoms with van der Waals surface area (Å²) in [5.74, 6) is 0.0444. The highest BCUT2D eigenvalue weighted by molar-refractivity contribution is 6.32.